The van der Waals surface area contributed by atoms with Crippen LogP contribution >= 0.6 is 0 Å². The lowest BCUT2D eigenvalue weighted by Gasteiger charge is -2.14. The molecule has 0 aliphatic rings. The van der Waals surface area contributed by atoms with Crippen molar-refractivity contribution in [3.63, 3.8) is 0 Å². The van der Waals surface area contributed by atoms with E-state index in [0.29, 0.717) is 35.9 Å². The molecule has 110 valence electrons. The Hall–Kier alpha value is -2.26. The van der Waals surface area contributed by atoms with E-state index in [9.17, 15) is 4.39 Å². The molecule has 0 unspecified atom stereocenters. The quantitative estimate of drug-likeness (QED) is 0.846. The molecular formula is C15H17FN4O. The minimum absolute atomic E-state index is 0.0661. The molecular weight excluding hydrogens is 271 g/mol. The molecule has 0 amide bonds. The SMILES string of the molecule is Cc1ccc(-c2noc(CN(C)C[C@H](C)C#N)n2)cc1F. The molecule has 0 spiro atoms. The van der Waals surface area contributed by atoms with Crippen LogP contribution < -0.4 is 0 Å². The van der Waals surface area contributed by atoms with E-state index < -0.39 is 0 Å². The van der Waals surface area contributed by atoms with Crippen molar-refractivity contribution in [3.8, 4) is 17.5 Å². The van der Waals surface area contributed by atoms with Gasteiger partial charge in [-0.05, 0) is 32.5 Å². The maximum absolute atomic E-state index is 13.5. The van der Waals surface area contributed by atoms with Crippen molar-refractivity contribution in [1.29, 1.82) is 5.26 Å². The first-order chi connectivity index (χ1) is 9.99. The summed E-state index contributed by atoms with van der Waals surface area (Å²) in [6, 6.07) is 7.01. The average Bonchev–Trinajstić information content (AvgIpc) is 2.90. The zero-order chi connectivity index (χ0) is 15.4. The Labute approximate surface area is 123 Å². The molecule has 5 nitrogen and oxygen atoms in total. The number of hydrogen-bond donors (Lipinski definition) is 0. The van der Waals surface area contributed by atoms with Gasteiger partial charge in [-0.2, -0.15) is 10.2 Å². The van der Waals surface area contributed by atoms with Gasteiger partial charge in [0.25, 0.3) is 0 Å². The van der Waals surface area contributed by atoms with Gasteiger partial charge in [0.15, 0.2) is 0 Å². The molecule has 1 atom stereocenters. The van der Waals surface area contributed by atoms with E-state index in [1.807, 2.05) is 18.9 Å². The molecule has 1 aromatic heterocycles. The van der Waals surface area contributed by atoms with Gasteiger partial charge < -0.3 is 4.52 Å². The van der Waals surface area contributed by atoms with Gasteiger partial charge >= 0.3 is 0 Å². The number of hydrogen-bond acceptors (Lipinski definition) is 5. The smallest absolute Gasteiger partial charge is 0.241 e. The number of rotatable bonds is 5. The number of nitrogens with zero attached hydrogens (tertiary/aromatic N) is 4. The predicted molar refractivity (Wildman–Crippen MR) is 75.5 cm³/mol. The van der Waals surface area contributed by atoms with Crippen LogP contribution in [0.4, 0.5) is 4.39 Å². The van der Waals surface area contributed by atoms with Crippen LogP contribution in [0.5, 0.6) is 0 Å². The highest BCUT2D eigenvalue weighted by atomic mass is 19.1. The van der Waals surface area contributed by atoms with E-state index >= 15 is 0 Å². The first-order valence-electron chi connectivity index (χ1n) is 6.67. The summed E-state index contributed by atoms with van der Waals surface area (Å²) in [5.74, 6) is 0.451. The Kier molecular flexibility index (Phi) is 4.66. The fraction of sp³-hybridized carbons (Fsp3) is 0.400. The minimum atomic E-state index is -0.293. The van der Waals surface area contributed by atoms with Gasteiger partial charge in [-0.25, -0.2) is 4.39 Å². The van der Waals surface area contributed by atoms with Crippen molar-refractivity contribution in [2.24, 2.45) is 5.92 Å². The van der Waals surface area contributed by atoms with Crippen LogP contribution in [-0.4, -0.2) is 28.6 Å². The zero-order valence-electron chi connectivity index (χ0n) is 12.3. The second-order valence-corrected chi connectivity index (χ2v) is 5.20. The van der Waals surface area contributed by atoms with Crippen LogP contribution in [0.2, 0.25) is 0 Å². The molecule has 0 radical (unpaired) electrons. The van der Waals surface area contributed by atoms with Gasteiger partial charge in [0.05, 0.1) is 18.5 Å². The average molecular weight is 288 g/mol. The Morgan fingerprint density at radius 2 is 2.24 bits per heavy atom. The fourth-order valence-electron chi connectivity index (χ4n) is 1.97. The maximum atomic E-state index is 13.5. The fourth-order valence-corrected chi connectivity index (χ4v) is 1.97. The lowest BCUT2D eigenvalue weighted by atomic mass is 10.1. The zero-order valence-corrected chi connectivity index (χ0v) is 12.3. The molecule has 21 heavy (non-hydrogen) atoms. The lowest BCUT2D eigenvalue weighted by molar-refractivity contribution is 0.253. The molecule has 1 aromatic carbocycles. The van der Waals surface area contributed by atoms with Crippen LogP contribution in [0.1, 0.15) is 18.4 Å². The van der Waals surface area contributed by atoms with E-state index in [1.165, 1.54) is 6.07 Å². The first-order valence-corrected chi connectivity index (χ1v) is 6.67. The molecule has 2 rings (SSSR count). The van der Waals surface area contributed by atoms with Gasteiger partial charge in [0.1, 0.15) is 5.82 Å². The summed E-state index contributed by atoms with van der Waals surface area (Å²) >= 11 is 0. The van der Waals surface area contributed by atoms with Crippen LogP contribution in [-0.2, 0) is 6.54 Å². The summed E-state index contributed by atoms with van der Waals surface area (Å²) in [6.45, 7) is 4.62. The summed E-state index contributed by atoms with van der Waals surface area (Å²) in [6.07, 6.45) is 0. The highest BCUT2D eigenvalue weighted by Gasteiger charge is 2.13. The van der Waals surface area contributed by atoms with Crippen molar-refractivity contribution in [2.75, 3.05) is 13.6 Å². The molecule has 0 N–H and O–H groups in total. The van der Waals surface area contributed by atoms with Crippen LogP contribution in [0, 0.1) is 30.0 Å². The van der Waals surface area contributed by atoms with Gasteiger partial charge in [-0.3, -0.25) is 4.90 Å². The van der Waals surface area contributed by atoms with Crippen LogP contribution in [0.25, 0.3) is 11.4 Å². The van der Waals surface area contributed by atoms with Crippen molar-refractivity contribution in [3.05, 3.63) is 35.5 Å². The number of benzene rings is 1. The van der Waals surface area contributed by atoms with Crippen molar-refractivity contribution in [2.45, 2.75) is 20.4 Å². The van der Waals surface area contributed by atoms with Crippen molar-refractivity contribution >= 4 is 0 Å². The third-order valence-electron chi connectivity index (χ3n) is 3.11. The Morgan fingerprint density at radius 1 is 1.48 bits per heavy atom. The van der Waals surface area contributed by atoms with Crippen molar-refractivity contribution < 1.29 is 8.91 Å². The highest BCUT2D eigenvalue weighted by Crippen LogP contribution is 2.19. The standard InChI is InChI=1S/C15H17FN4O/c1-10(7-17)8-20(3)9-14-18-15(19-21-14)12-5-4-11(2)13(16)6-12/h4-6,10H,8-9H2,1-3H3/t10-/m1/s1. The van der Waals surface area contributed by atoms with Gasteiger partial charge in [-0.15, -0.1) is 0 Å². The van der Waals surface area contributed by atoms with E-state index in [-0.39, 0.29) is 11.7 Å². The maximum Gasteiger partial charge on any atom is 0.241 e. The third kappa shape index (κ3) is 3.86. The van der Waals surface area contributed by atoms with Crippen LogP contribution in [0.3, 0.4) is 0 Å². The predicted octanol–water partition coefficient (Wildman–Crippen LogP) is 2.78. The van der Waals surface area contributed by atoms with E-state index in [2.05, 4.69) is 16.2 Å². The molecule has 6 heteroatoms. The third-order valence-corrected chi connectivity index (χ3v) is 3.11. The number of aryl methyl sites for hydroxylation is 1. The Balaban J connectivity index is 2.07. The Bertz CT molecular complexity index is 662. The second-order valence-electron chi connectivity index (χ2n) is 5.20. The number of nitriles is 1. The summed E-state index contributed by atoms with van der Waals surface area (Å²) in [5.41, 5.74) is 1.16. The van der Waals surface area contributed by atoms with Crippen LogP contribution in [0.15, 0.2) is 22.7 Å². The largest absolute Gasteiger partial charge is 0.338 e. The molecule has 0 saturated carbocycles. The van der Waals surface area contributed by atoms with Gasteiger partial charge in [0, 0.05) is 12.1 Å². The molecule has 0 saturated heterocycles. The molecule has 0 aliphatic heterocycles. The minimum Gasteiger partial charge on any atom is -0.338 e. The summed E-state index contributed by atoms with van der Waals surface area (Å²) in [4.78, 5) is 6.19. The summed E-state index contributed by atoms with van der Waals surface area (Å²) in [7, 11) is 1.88. The summed E-state index contributed by atoms with van der Waals surface area (Å²) in [5, 5.41) is 12.7. The second kappa shape index (κ2) is 6.46. The van der Waals surface area contributed by atoms with E-state index in [1.54, 1.807) is 19.1 Å². The Morgan fingerprint density at radius 3 is 2.90 bits per heavy atom. The molecule has 0 aliphatic carbocycles. The molecule has 1 heterocycles. The van der Waals surface area contributed by atoms with Gasteiger partial charge in [-0.1, -0.05) is 17.3 Å². The van der Waals surface area contributed by atoms with E-state index in [0.717, 1.165) is 0 Å². The first kappa shape index (κ1) is 15.1. The highest BCUT2D eigenvalue weighted by molar-refractivity contribution is 5.54. The number of aromatic nitrogens is 2. The van der Waals surface area contributed by atoms with Crippen molar-refractivity contribution in [1.82, 2.24) is 15.0 Å². The topological polar surface area (TPSA) is 66.0 Å². The summed E-state index contributed by atoms with van der Waals surface area (Å²) < 4.78 is 18.7. The van der Waals surface area contributed by atoms with Gasteiger partial charge in [0.2, 0.25) is 11.7 Å². The molecule has 2 aromatic rings. The monoisotopic (exact) mass is 288 g/mol. The lowest BCUT2D eigenvalue weighted by Crippen LogP contribution is -2.23. The molecule has 0 bridgehead atoms. The van der Waals surface area contributed by atoms with E-state index in [4.69, 9.17) is 9.78 Å². The number of halogens is 1. The molecule has 0 fully saturated rings. The normalized spacial score (nSPS) is 12.4.